The SMILES string of the molecule is CC(C)C(=O)Nc1cccc(C2CCN(CCC(Oc3c(Cl)cccc3Cl)c3ccc(F)cc3)CC2)c1. The molecule has 7 heteroatoms. The van der Waals surface area contributed by atoms with Crippen LogP contribution in [0, 0.1) is 11.7 Å². The zero-order chi connectivity index (χ0) is 26.4. The van der Waals surface area contributed by atoms with Gasteiger partial charge in [0.2, 0.25) is 5.91 Å². The molecule has 37 heavy (non-hydrogen) atoms. The number of amides is 1. The minimum absolute atomic E-state index is 0.0305. The van der Waals surface area contributed by atoms with Crippen molar-refractivity contribution in [1.29, 1.82) is 0 Å². The van der Waals surface area contributed by atoms with Crippen molar-refractivity contribution >= 4 is 34.8 Å². The van der Waals surface area contributed by atoms with Gasteiger partial charge < -0.3 is 15.0 Å². The standard InChI is InChI=1S/C30H33Cl2FN2O2/c1-20(2)30(36)34-25-6-3-5-23(19-25)21-13-16-35(17-14-21)18-15-28(22-9-11-24(33)12-10-22)37-29-26(31)7-4-8-27(29)32/h3-12,19-21,28H,13-18H2,1-2H3,(H,34,36). The molecule has 0 aromatic heterocycles. The predicted octanol–water partition coefficient (Wildman–Crippen LogP) is 8.12. The Morgan fingerprint density at radius 3 is 2.32 bits per heavy atom. The van der Waals surface area contributed by atoms with E-state index in [1.54, 1.807) is 30.3 Å². The second kappa shape index (κ2) is 12.8. The lowest BCUT2D eigenvalue weighted by atomic mass is 9.89. The molecule has 1 unspecified atom stereocenters. The van der Waals surface area contributed by atoms with Crippen LogP contribution in [-0.2, 0) is 4.79 Å². The topological polar surface area (TPSA) is 41.6 Å². The van der Waals surface area contributed by atoms with E-state index in [9.17, 15) is 9.18 Å². The highest BCUT2D eigenvalue weighted by Crippen LogP contribution is 2.37. The Labute approximate surface area is 228 Å². The van der Waals surface area contributed by atoms with Crippen LogP contribution in [0.1, 0.15) is 56.3 Å². The van der Waals surface area contributed by atoms with Gasteiger partial charge >= 0.3 is 0 Å². The molecule has 0 bridgehead atoms. The molecule has 0 aliphatic carbocycles. The largest absolute Gasteiger partial charge is 0.483 e. The molecule has 1 amide bonds. The molecule has 4 rings (SSSR count). The Morgan fingerprint density at radius 1 is 1.03 bits per heavy atom. The van der Waals surface area contributed by atoms with E-state index in [2.05, 4.69) is 22.3 Å². The first-order valence-corrected chi connectivity index (χ1v) is 13.5. The van der Waals surface area contributed by atoms with Crippen LogP contribution >= 0.6 is 23.2 Å². The fraction of sp³-hybridized carbons (Fsp3) is 0.367. The van der Waals surface area contributed by atoms with Crippen LogP contribution in [0.2, 0.25) is 10.0 Å². The molecule has 4 nitrogen and oxygen atoms in total. The fourth-order valence-electron chi connectivity index (χ4n) is 4.66. The molecule has 196 valence electrons. The van der Waals surface area contributed by atoms with Crippen molar-refractivity contribution in [2.75, 3.05) is 25.0 Å². The van der Waals surface area contributed by atoms with Gasteiger partial charge in [-0.25, -0.2) is 4.39 Å². The maximum atomic E-state index is 13.6. The number of carbonyl (C=O) groups is 1. The normalized spacial score (nSPS) is 15.5. The van der Waals surface area contributed by atoms with Crippen LogP contribution < -0.4 is 10.1 Å². The summed E-state index contributed by atoms with van der Waals surface area (Å²) in [4.78, 5) is 14.5. The number of rotatable bonds is 9. The van der Waals surface area contributed by atoms with Gasteiger partial charge in [-0.05, 0) is 79.4 Å². The monoisotopic (exact) mass is 542 g/mol. The summed E-state index contributed by atoms with van der Waals surface area (Å²) in [5.74, 6) is 0.598. The molecule has 3 aromatic rings. The Kier molecular flexibility index (Phi) is 9.47. The van der Waals surface area contributed by atoms with Crippen LogP contribution in [0.5, 0.6) is 5.75 Å². The maximum Gasteiger partial charge on any atom is 0.226 e. The number of para-hydroxylation sites is 1. The average molecular weight is 544 g/mol. The zero-order valence-corrected chi connectivity index (χ0v) is 22.7. The first-order chi connectivity index (χ1) is 17.8. The lowest BCUT2D eigenvalue weighted by Gasteiger charge is -2.33. The highest BCUT2D eigenvalue weighted by atomic mass is 35.5. The van der Waals surface area contributed by atoms with Crippen LogP contribution in [0.3, 0.4) is 0 Å². The molecule has 1 N–H and O–H groups in total. The number of halogens is 3. The first kappa shape index (κ1) is 27.4. The van der Waals surface area contributed by atoms with Gasteiger partial charge in [0.25, 0.3) is 0 Å². The number of benzene rings is 3. The lowest BCUT2D eigenvalue weighted by molar-refractivity contribution is -0.118. The van der Waals surface area contributed by atoms with Gasteiger partial charge in [0.05, 0.1) is 10.0 Å². The Hall–Kier alpha value is -2.60. The van der Waals surface area contributed by atoms with E-state index in [1.165, 1.54) is 17.7 Å². The van der Waals surface area contributed by atoms with Crippen LogP contribution in [0.25, 0.3) is 0 Å². The highest BCUT2D eigenvalue weighted by Gasteiger charge is 2.24. The Bertz CT molecular complexity index is 1170. The van der Waals surface area contributed by atoms with Gasteiger partial charge in [-0.2, -0.15) is 0 Å². The van der Waals surface area contributed by atoms with E-state index < -0.39 is 0 Å². The molecule has 1 atom stereocenters. The van der Waals surface area contributed by atoms with Crippen LogP contribution in [0.4, 0.5) is 10.1 Å². The van der Waals surface area contributed by atoms with E-state index in [4.69, 9.17) is 27.9 Å². The van der Waals surface area contributed by atoms with E-state index >= 15 is 0 Å². The van der Waals surface area contributed by atoms with Crippen molar-refractivity contribution in [1.82, 2.24) is 4.90 Å². The van der Waals surface area contributed by atoms with Gasteiger partial charge in [0, 0.05) is 24.6 Å². The van der Waals surface area contributed by atoms with Crippen molar-refractivity contribution in [2.45, 2.75) is 45.1 Å². The molecular formula is C30H33Cl2FN2O2. The second-order valence-electron chi connectivity index (χ2n) is 9.88. The van der Waals surface area contributed by atoms with Gasteiger partial charge in [-0.15, -0.1) is 0 Å². The van der Waals surface area contributed by atoms with Gasteiger partial charge in [0.15, 0.2) is 5.75 Å². The third kappa shape index (κ3) is 7.47. The van der Waals surface area contributed by atoms with Crippen LogP contribution in [-0.4, -0.2) is 30.4 Å². The Balaban J connectivity index is 1.37. The lowest BCUT2D eigenvalue weighted by Crippen LogP contribution is -2.34. The summed E-state index contributed by atoms with van der Waals surface area (Å²) in [6.07, 6.45) is 2.49. The first-order valence-electron chi connectivity index (χ1n) is 12.8. The van der Waals surface area contributed by atoms with Crippen molar-refractivity contribution in [3.8, 4) is 5.75 Å². The predicted molar refractivity (Wildman–Crippen MR) is 149 cm³/mol. The molecule has 0 radical (unpaired) electrons. The summed E-state index contributed by atoms with van der Waals surface area (Å²) in [6, 6.07) is 19.9. The Morgan fingerprint density at radius 2 is 1.68 bits per heavy atom. The number of nitrogens with one attached hydrogen (secondary N) is 1. The van der Waals surface area contributed by atoms with Crippen molar-refractivity contribution in [3.63, 3.8) is 0 Å². The summed E-state index contributed by atoms with van der Waals surface area (Å²) in [6.45, 7) is 6.56. The molecule has 1 aliphatic heterocycles. The molecule has 3 aromatic carbocycles. The van der Waals surface area contributed by atoms with E-state index in [0.29, 0.717) is 28.1 Å². The fourth-order valence-corrected chi connectivity index (χ4v) is 5.14. The number of ether oxygens (including phenoxy) is 1. The summed E-state index contributed by atoms with van der Waals surface area (Å²) >= 11 is 12.7. The number of nitrogens with zero attached hydrogens (tertiary/aromatic N) is 1. The summed E-state index contributed by atoms with van der Waals surface area (Å²) in [7, 11) is 0. The smallest absolute Gasteiger partial charge is 0.226 e. The molecule has 0 spiro atoms. The third-order valence-corrected chi connectivity index (χ3v) is 7.46. The molecule has 1 heterocycles. The molecule has 1 fully saturated rings. The van der Waals surface area contributed by atoms with Gasteiger partial charge in [-0.1, -0.05) is 67.4 Å². The summed E-state index contributed by atoms with van der Waals surface area (Å²) in [5.41, 5.74) is 3.01. The summed E-state index contributed by atoms with van der Waals surface area (Å²) in [5, 5.41) is 3.91. The van der Waals surface area contributed by atoms with E-state index in [-0.39, 0.29) is 23.7 Å². The summed E-state index contributed by atoms with van der Waals surface area (Å²) < 4.78 is 19.9. The average Bonchev–Trinajstić information content (AvgIpc) is 2.89. The van der Waals surface area contributed by atoms with Gasteiger partial charge in [-0.3, -0.25) is 4.79 Å². The number of carbonyl (C=O) groups excluding carboxylic acids is 1. The van der Waals surface area contributed by atoms with E-state index in [1.807, 2.05) is 26.0 Å². The number of likely N-dealkylation sites (tertiary alicyclic amines) is 1. The highest BCUT2D eigenvalue weighted by molar-refractivity contribution is 6.37. The minimum Gasteiger partial charge on any atom is -0.483 e. The van der Waals surface area contributed by atoms with Crippen molar-refractivity contribution in [3.05, 3.63) is 93.7 Å². The number of hydrogen-bond donors (Lipinski definition) is 1. The molecular weight excluding hydrogens is 510 g/mol. The quantitative estimate of drug-likeness (QED) is 0.296. The van der Waals surface area contributed by atoms with Crippen molar-refractivity contribution < 1.29 is 13.9 Å². The van der Waals surface area contributed by atoms with Crippen LogP contribution in [0.15, 0.2) is 66.7 Å². The van der Waals surface area contributed by atoms with Gasteiger partial charge in [0.1, 0.15) is 11.9 Å². The molecule has 1 aliphatic rings. The number of hydrogen-bond acceptors (Lipinski definition) is 3. The molecule has 1 saturated heterocycles. The second-order valence-corrected chi connectivity index (χ2v) is 10.7. The molecule has 0 saturated carbocycles. The third-order valence-electron chi connectivity index (χ3n) is 6.87. The maximum absolute atomic E-state index is 13.6. The minimum atomic E-state index is -0.308. The van der Waals surface area contributed by atoms with E-state index in [0.717, 1.165) is 43.7 Å². The number of anilines is 1. The zero-order valence-electron chi connectivity index (χ0n) is 21.2. The van der Waals surface area contributed by atoms with Crippen molar-refractivity contribution in [2.24, 2.45) is 5.92 Å². The number of piperidine rings is 1.